The predicted molar refractivity (Wildman–Crippen MR) is 59.1 cm³/mol. The summed E-state index contributed by atoms with van der Waals surface area (Å²) in [7, 11) is 0. The van der Waals surface area contributed by atoms with E-state index < -0.39 is 0 Å². The van der Waals surface area contributed by atoms with Crippen LogP contribution in [-0.4, -0.2) is 10.2 Å². The van der Waals surface area contributed by atoms with Gasteiger partial charge in [-0.05, 0) is 30.0 Å². The standard InChI is InChI=1S/C12H13N3/c13-12(6-7-12)10-3-1-9(2-4-10)11-5-8-14-15-11/h1-5,8H,6-7,13H2,(H,14,15). The second kappa shape index (κ2) is 2.94. The Labute approximate surface area is 88.3 Å². The first kappa shape index (κ1) is 8.68. The molecule has 0 amide bonds. The zero-order chi connectivity index (χ0) is 10.3. The first-order valence-electron chi connectivity index (χ1n) is 5.17. The highest BCUT2D eigenvalue weighted by molar-refractivity contribution is 5.59. The molecule has 1 aromatic carbocycles. The summed E-state index contributed by atoms with van der Waals surface area (Å²) >= 11 is 0. The van der Waals surface area contributed by atoms with Gasteiger partial charge in [0.15, 0.2) is 0 Å². The maximum atomic E-state index is 6.12. The van der Waals surface area contributed by atoms with Crippen molar-refractivity contribution >= 4 is 0 Å². The highest BCUT2D eigenvalue weighted by Gasteiger charge is 2.39. The van der Waals surface area contributed by atoms with Gasteiger partial charge in [-0.3, -0.25) is 5.10 Å². The second-order valence-corrected chi connectivity index (χ2v) is 4.20. The van der Waals surface area contributed by atoms with Gasteiger partial charge in [-0.25, -0.2) is 0 Å². The smallest absolute Gasteiger partial charge is 0.0650 e. The highest BCUT2D eigenvalue weighted by Crippen LogP contribution is 2.42. The van der Waals surface area contributed by atoms with Crippen molar-refractivity contribution < 1.29 is 0 Å². The minimum atomic E-state index is -0.0352. The molecule has 1 aromatic heterocycles. The molecule has 1 saturated carbocycles. The lowest BCUT2D eigenvalue weighted by Crippen LogP contribution is -2.18. The van der Waals surface area contributed by atoms with Gasteiger partial charge in [-0.2, -0.15) is 5.10 Å². The number of aromatic amines is 1. The van der Waals surface area contributed by atoms with Crippen LogP contribution >= 0.6 is 0 Å². The zero-order valence-corrected chi connectivity index (χ0v) is 8.40. The van der Waals surface area contributed by atoms with Gasteiger partial charge in [0, 0.05) is 11.7 Å². The van der Waals surface area contributed by atoms with E-state index in [-0.39, 0.29) is 5.54 Å². The summed E-state index contributed by atoms with van der Waals surface area (Å²) in [6, 6.07) is 10.4. The largest absolute Gasteiger partial charge is 0.321 e. The number of H-pyrrole nitrogens is 1. The van der Waals surface area contributed by atoms with Gasteiger partial charge in [0.05, 0.1) is 5.69 Å². The molecule has 1 heterocycles. The summed E-state index contributed by atoms with van der Waals surface area (Å²) in [4.78, 5) is 0. The maximum Gasteiger partial charge on any atom is 0.0650 e. The number of hydrogen-bond donors (Lipinski definition) is 2. The summed E-state index contributed by atoms with van der Waals surface area (Å²) in [6.07, 6.45) is 3.97. The molecule has 0 spiro atoms. The van der Waals surface area contributed by atoms with Crippen LogP contribution in [0, 0.1) is 0 Å². The third-order valence-corrected chi connectivity index (χ3v) is 3.06. The fourth-order valence-electron chi connectivity index (χ4n) is 1.82. The molecule has 0 bridgehead atoms. The molecule has 0 aliphatic heterocycles. The predicted octanol–water partition coefficient (Wildman–Crippen LogP) is 2.02. The summed E-state index contributed by atoms with van der Waals surface area (Å²) in [5.41, 5.74) is 9.52. The average Bonchev–Trinajstić information content (AvgIpc) is 2.84. The minimum Gasteiger partial charge on any atom is -0.321 e. The Morgan fingerprint density at radius 2 is 1.87 bits per heavy atom. The van der Waals surface area contributed by atoms with Crippen LogP contribution in [0.15, 0.2) is 36.5 Å². The summed E-state index contributed by atoms with van der Waals surface area (Å²) in [5.74, 6) is 0. The molecule has 0 unspecified atom stereocenters. The van der Waals surface area contributed by atoms with E-state index >= 15 is 0 Å². The highest BCUT2D eigenvalue weighted by atomic mass is 15.1. The molecule has 0 atom stereocenters. The molecule has 0 saturated heterocycles. The summed E-state index contributed by atoms with van der Waals surface area (Å²) in [5, 5.41) is 6.88. The van der Waals surface area contributed by atoms with Crippen LogP contribution < -0.4 is 5.73 Å². The van der Waals surface area contributed by atoms with Gasteiger partial charge in [-0.15, -0.1) is 0 Å². The number of rotatable bonds is 2. The van der Waals surface area contributed by atoms with Crippen LogP contribution in [0.4, 0.5) is 0 Å². The topological polar surface area (TPSA) is 54.7 Å². The van der Waals surface area contributed by atoms with Crippen molar-refractivity contribution in [2.75, 3.05) is 0 Å². The Morgan fingerprint density at radius 3 is 2.40 bits per heavy atom. The number of aromatic nitrogens is 2. The molecule has 1 fully saturated rings. The van der Waals surface area contributed by atoms with E-state index in [1.54, 1.807) is 6.20 Å². The molecule has 76 valence electrons. The quantitative estimate of drug-likeness (QED) is 0.777. The van der Waals surface area contributed by atoms with E-state index in [1.165, 1.54) is 5.56 Å². The first-order chi connectivity index (χ1) is 7.28. The normalized spacial score (nSPS) is 17.7. The SMILES string of the molecule is NC1(c2ccc(-c3ccn[nH]3)cc2)CC1. The number of hydrogen-bond acceptors (Lipinski definition) is 2. The van der Waals surface area contributed by atoms with Gasteiger partial charge < -0.3 is 5.73 Å². The maximum absolute atomic E-state index is 6.12. The van der Waals surface area contributed by atoms with Crippen molar-refractivity contribution in [3.8, 4) is 11.3 Å². The first-order valence-corrected chi connectivity index (χ1v) is 5.17. The lowest BCUT2D eigenvalue weighted by atomic mass is 10.0. The van der Waals surface area contributed by atoms with Gasteiger partial charge in [0.2, 0.25) is 0 Å². The van der Waals surface area contributed by atoms with E-state index in [2.05, 4.69) is 34.5 Å². The van der Waals surface area contributed by atoms with E-state index in [9.17, 15) is 0 Å². The molecular formula is C12H13N3. The fraction of sp³-hybridized carbons (Fsp3) is 0.250. The Balaban J connectivity index is 1.94. The van der Waals surface area contributed by atoms with Gasteiger partial charge in [0.25, 0.3) is 0 Å². The van der Waals surface area contributed by atoms with Crippen LogP contribution in [0.2, 0.25) is 0 Å². The Morgan fingerprint density at radius 1 is 1.13 bits per heavy atom. The lowest BCUT2D eigenvalue weighted by molar-refractivity contribution is 0.740. The molecule has 1 aliphatic rings. The van der Waals surface area contributed by atoms with Crippen LogP contribution in [0.1, 0.15) is 18.4 Å². The van der Waals surface area contributed by atoms with Crippen molar-refractivity contribution in [3.63, 3.8) is 0 Å². The van der Waals surface area contributed by atoms with E-state index in [1.807, 2.05) is 6.07 Å². The van der Waals surface area contributed by atoms with Crippen molar-refractivity contribution in [2.45, 2.75) is 18.4 Å². The lowest BCUT2D eigenvalue weighted by Gasteiger charge is -2.09. The fourth-order valence-corrected chi connectivity index (χ4v) is 1.82. The zero-order valence-electron chi connectivity index (χ0n) is 8.40. The van der Waals surface area contributed by atoms with Crippen molar-refractivity contribution in [2.24, 2.45) is 5.73 Å². The van der Waals surface area contributed by atoms with Crippen LogP contribution in [-0.2, 0) is 5.54 Å². The van der Waals surface area contributed by atoms with E-state index in [0.717, 1.165) is 24.1 Å². The van der Waals surface area contributed by atoms with Crippen molar-refractivity contribution in [1.29, 1.82) is 0 Å². The summed E-state index contributed by atoms with van der Waals surface area (Å²) < 4.78 is 0. The number of nitrogens with zero attached hydrogens (tertiary/aromatic N) is 1. The number of nitrogens with one attached hydrogen (secondary N) is 1. The molecule has 3 nitrogen and oxygen atoms in total. The molecule has 3 rings (SSSR count). The minimum absolute atomic E-state index is 0.0352. The Hall–Kier alpha value is -1.61. The van der Waals surface area contributed by atoms with E-state index in [0.29, 0.717) is 0 Å². The van der Waals surface area contributed by atoms with Gasteiger partial charge >= 0.3 is 0 Å². The van der Waals surface area contributed by atoms with Crippen LogP contribution in [0.3, 0.4) is 0 Å². The number of nitrogens with two attached hydrogens (primary N) is 1. The van der Waals surface area contributed by atoms with Crippen LogP contribution in [0.5, 0.6) is 0 Å². The van der Waals surface area contributed by atoms with Gasteiger partial charge in [0.1, 0.15) is 0 Å². The third-order valence-electron chi connectivity index (χ3n) is 3.06. The molecular weight excluding hydrogens is 186 g/mol. The second-order valence-electron chi connectivity index (χ2n) is 4.20. The molecule has 3 heteroatoms. The molecule has 0 radical (unpaired) electrons. The van der Waals surface area contributed by atoms with Gasteiger partial charge in [-0.1, -0.05) is 24.3 Å². The third kappa shape index (κ3) is 1.45. The molecule has 3 N–H and O–H groups in total. The summed E-state index contributed by atoms with van der Waals surface area (Å²) in [6.45, 7) is 0. The number of benzene rings is 1. The van der Waals surface area contributed by atoms with Crippen molar-refractivity contribution in [3.05, 3.63) is 42.1 Å². The average molecular weight is 199 g/mol. The monoisotopic (exact) mass is 199 g/mol. The van der Waals surface area contributed by atoms with Crippen molar-refractivity contribution in [1.82, 2.24) is 10.2 Å². The molecule has 1 aliphatic carbocycles. The Bertz CT molecular complexity index is 452. The molecule has 15 heavy (non-hydrogen) atoms. The molecule has 2 aromatic rings. The van der Waals surface area contributed by atoms with E-state index in [4.69, 9.17) is 5.73 Å². The van der Waals surface area contributed by atoms with Crippen LogP contribution in [0.25, 0.3) is 11.3 Å². The Kier molecular flexibility index (Phi) is 1.70.